The Morgan fingerprint density at radius 3 is 2.43 bits per heavy atom. The molecule has 5 nitrogen and oxygen atoms in total. The lowest BCUT2D eigenvalue weighted by molar-refractivity contribution is 0.0348. The van der Waals surface area contributed by atoms with Gasteiger partial charge in [0.05, 0.1) is 29.7 Å². The van der Waals surface area contributed by atoms with Crippen molar-refractivity contribution in [3.8, 4) is 11.1 Å². The van der Waals surface area contributed by atoms with E-state index >= 15 is 0 Å². The molecule has 1 aliphatic rings. The monoisotopic (exact) mass is 397 g/mol. The van der Waals surface area contributed by atoms with Crippen molar-refractivity contribution in [2.45, 2.75) is 31.6 Å². The van der Waals surface area contributed by atoms with Gasteiger partial charge in [-0.15, -0.1) is 0 Å². The number of nitrogen functional groups attached to an aromatic ring is 1. The minimum atomic E-state index is -0.121. The Morgan fingerprint density at radius 2 is 1.67 bits per heavy atom. The highest BCUT2D eigenvalue weighted by atomic mass is 16.5. The zero-order valence-corrected chi connectivity index (χ0v) is 16.6. The van der Waals surface area contributed by atoms with Crippen molar-refractivity contribution in [3.05, 3.63) is 94.8 Å². The van der Waals surface area contributed by atoms with E-state index in [4.69, 9.17) is 10.5 Å². The molecule has 150 valence electrons. The summed E-state index contributed by atoms with van der Waals surface area (Å²) < 4.78 is 7.75. The lowest BCUT2D eigenvalue weighted by atomic mass is 10.0. The summed E-state index contributed by atoms with van der Waals surface area (Å²) in [6.07, 6.45) is 1.83. The average Bonchev–Trinajstić information content (AvgIpc) is 3.26. The molecule has 1 saturated heterocycles. The summed E-state index contributed by atoms with van der Waals surface area (Å²) in [6, 6.07) is 25.9. The first-order valence-corrected chi connectivity index (χ1v) is 10.2. The molecule has 4 aromatic rings. The minimum Gasteiger partial charge on any atom is -0.369 e. The van der Waals surface area contributed by atoms with Crippen molar-refractivity contribution in [2.24, 2.45) is 0 Å². The Kier molecular flexibility index (Phi) is 4.81. The second-order valence-electron chi connectivity index (χ2n) is 7.72. The number of nitrogens with two attached hydrogens (primary N) is 1. The molecule has 5 rings (SSSR count). The van der Waals surface area contributed by atoms with E-state index in [1.165, 1.54) is 5.56 Å². The Morgan fingerprint density at radius 1 is 0.933 bits per heavy atom. The highest BCUT2D eigenvalue weighted by Crippen LogP contribution is 2.33. The fourth-order valence-electron chi connectivity index (χ4n) is 4.18. The zero-order valence-electron chi connectivity index (χ0n) is 16.6. The van der Waals surface area contributed by atoms with Crippen molar-refractivity contribution in [2.75, 3.05) is 5.73 Å². The van der Waals surface area contributed by atoms with E-state index in [-0.39, 0.29) is 23.7 Å². The molecule has 2 heterocycles. The average molecular weight is 397 g/mol. The van der Waals surface area contributed by atoms with Gasteiger partial charge in [0, 0.05) is 0 Å². The van der Waals surface area contributed by atoms with Gasteiger partial charge in [-0.05, 0) is 41.7 Å². The number of anilines is 1. The number of rotatable bonds is 4. The molecule has 2 N–H and O–H groups in total. The van der Waals surface area contributed by atoms with Crippen molar-refractivity contribution >= 4 is 16.9 Å². The summed E-state index contributed by atoms with van der Waals surface area (Å²) in [5.41, 5.74) is 9.95. The lowest BCUT2D eigenvalue weighted by Crippen LogP contribution is -2.29. The van der Waals surface area contributed by atoms with Crippen LogP contribution in [-0.2, 0) is 11.3 Å². The van der Waals surface area contributed by atoms with Gasteiger partial charge in [0.15, 0.2) is 0 Å². The molecular formula is C25H23N3O2. The van der Waals surface area contributed by atoms with Crippen LogP contribution in [0.3, 0.4) is 0 Å². The molecule has 0 saturated carbocycles. The van der Waals surface area contributed by atoms with Gasteiger partial charge in [0.25, 0.3) is 5.56 Å². The van der Waals surface area contributed by atoms with Gasteiger partial charge in [0.1, 0.15) is 0 Å². The third kappa shape index (κ3) is 3.48. The predicted molar refractivity (Wildman–Crippen MR) is 119 cm³/mol. The van der Waals surface area contributed by atoms with Crippen LogP contribution >= 0.6 is 0 Å². The first-order valence-electron chi connectivity index (χ1n) is 10.2. The number of aromatic nitrogens is 2. The Bertz CT molecular complexity index is 1240. The SMILES string of the molecule is Nc1nc2cc(-c3ccccc3)ccc2c(=O)n1C[C@@H]1CCC(c2ccccc2)O1. The quantitative estimate of drug-likeness (QED) is 0.548. The summed E-state index contributed by atoms with van der Waals surface area (Å²) in [4.78, 5) is 17.7. The minimum absolute atomic E-state index is 0.0574. The van der Waals surface area contributed by atoms with E-state index in [1.807, 2.05) is 66.7 Å². The van der Waals surface area contributed by atoms with Gasteiger partial charge in [-0.3, -0.25) is 9.36 Å². The summed E-state index contributed by atoms with van der Waals surface area (Å²) >= 11 is 0. The molecule has 1 aliphatic heterocycles. The van der Waals surface area contributed by atoms with Gasteiger partial charge < -0.3 is 10.5 Å². The third-order valence-corrected chi connectivity index (χ3v) is 5.76. The fraction of sp³-hybridized carbons (Fsp3) is 0.200. The van der Waals surface area contributed by atoms with Crippen LogP contribution < -0.4 is 11.3 Å². The molecule has 3 aromatic carbocycles. The van der Waals surface area contributed by atoms with Gasteiger partial charge in [-0.2, -0.15) is 0 Å². The summed E-state index contributed by atoms with van der Waals surface area (Å²) in [6.45, 7) is 0.414. The molecule has 5 heteroatoms. The van der Waals surface area contributed by atoms with E-state index in [9.17, 15) is 4.79 Å². The van der Waals surface area contributed by atoms with Crippen molar-refractivity contribution in [3.63, 3.8) is 0 Å². The highest BCUT2D eigenvalue weighted by Gasteiger charge is 2.27. The predicted octanol–water partition coefficient (Wildman–Crippen LogP) is 4.57. The van der Waals surface area contributed by atoms with Crippen LogP contribution in [0.2, 0.25) is 0 Å². The van der Waals surface area contributed by atoms with Crippen LogP contribution in [0.25, 0.3) is 22.0 Å². The molecule has 0 radical (unpaired) electrons. The molecule has 0 bridgehead atoms. The van der Waals surface area contributed by atoms with Crippen LogP contribution in [0.4, 0.5) is 5.95 Å². The van der Waals surface area contributed by atoms with Crippen molar-refractivity contribution in [1.82, 2.24) is 9.55 Å². The first kappa shape index (κ1) is 18.6. The smallest absolute Gasteiger partial charge is 0.262 e. The zero-order chi connectivity index (χ0) is 20.5. The van der Waals surface area contributed by atoms with E-state index in [1.54, 1.807) is 4.57 Å². The van der Waals surface area contributed by atoms with E-state index in [0.29, 0.717) is 17.4 Å². The van der Waals surface area contributed by atoms with Crippen LogP contribution in [0.1, 0.15) is 24.5 Å². The molecule has 2 atom stereocenters. The number of hydrogen-bond donors (Lipinski definition) is 1. The van der Waals surface area contributed by atoms with E-state index in [2.05, 4.69) is 17.1 Å². The number of ether oxygens (including phenoxy) is 1. The summed E-state index contributed by atoms with van der Waals surface area (Å²) in [7, 11) is 0. The fourth-order valence-corrected chi connectivity index (χ4v) is 4.18. The lowest BCUT2D eigenvalue weighted by Gasteiger charge is -2.17. The Balaban J connectivity index is 1.42. The molecule has 0 spiro atoms. The van der Waals surface area contributed by atoms with Crippen molar-refractivity contribution in [1.29, 1.82) is 0 Å². The van der Waals surface area contributed by atoms with Crippen LogP contribution in [0, 0.1) is 0 Å². The van der Waals surface area contributed by atoms with Gasteiger partial charge in [-0.25, -0.2) is 4.98 Å². The normalized spacial score (nSPS) is 18.7. The van der Waals surface area contributed by atoms with Crippen LogP contribution in [-0.4, -0.2) is 15.7 Å². The van der Waals surface area contributed by atoms with E-state index in [0.717, 1.165) is 24.0 Å². The summed E-state index contributed by atoms with van der Waals surface area (Å²) in [5.74, 6) is 0.226. The number of benzene rings is 3. The first-order chi connectivity index (χ1) is 14.7. The number of nitrogens with zero attached hydrogens (tertiary/aromatic N) is 2. The molecule has 1 aromatic heterocycles. The molecule has 0 aliphatic carbocycles. The van der Waals surface area contributed by atoms with Gasteiger partial charge in [0.2, 0.25) is 5.95 Å². The second-order valence-corrected chi connectivity index (χ2v) is 7.72. The van der Waals surface area contributed by atoms with Gasteiger partial charge in [-0.1, -0.05) is 66.7 Å². The van der Waals surface area contributed by atoms with Gasteiger partial charge >= 0.3 is 0 Å². The third-order valence-electron chi connectivity index (χ3n) is 5.76. The highest BCUT2D eigenvalue weighted by molar-refractivity contribution is 5.84. The maximum absolute atomic E-state index is 13.1. The maximum Gasteiger partial charge on any atom is 0.262 e. The molecule has 1 unspecified atom stereocenters. The van der Waals surface area contributed by atoms with E-state index < -0.39 is 0 Å². The van der Waals surface area contributed by atoms with Crippen molar-refractivity contribution < 1.29 is 4.74 Å². The molecule has 1 fully saturated rings. The summed E-state index contributed by atoms with van der Waals surface area (Å²) in [5, 5.41) is 0.571. The number of hydrogen-bond acceptors (Lipinski definition) is 4. The second kappa shape index (κ2) is 7.76. The molecule has 0 amide bonds. The van der Waals surface area contributed by atoms with Crippen LogP contribution in [0.15, 0.2) is 83.7 Å². The standard InChI is InChI=1S/C25H23N3O2/c26-25-27-22-15-19(17-7-3-1-4-8-17)11-13-21(22)24(29)28(25)16-20-12-14-23(30-20)18-9-5-2-6-10-18/h1-11,13,15,20,23H,12,14,16H2,(H2,26,27)/t20-,23?/m0/s1. The Hall–Kier alpha value is -3.44. The number of fused-ring (bicyclic) bond motifs is 1. The largest absolute Gasteiger partial charge is 0.369 e. The molecule has 30 heavy (non-hydrogen) atoms. The Labute approximate surface area is 174 Å². The van der Waals surface area contributed by atoms with Crippen LogP contribution in [0.5, 0.6) is 0 Å². The molecular weight excluding hydrogens is 374 g/mol. The topological polar surface area (TPSA) is 70.1 Å². The maximum atomic E-state index is 13.1.